The van der Waals surface area contributed by atoms with Crippen molar-refractivity contribution in [1.82, 2.24) is 4.90 Å². The maximum absolute atomic E-state index is 6.16. The van der Waals surface area contributed by atoms with E-state index in [1.54, 1.807) is 0 Å². The molecule has 1 aliphatic carbocycles. The molecule has 1 aliphatic heterocycles. The van der Waals surface area contributed by atoms with Gasteiger partial charge in [-0.2, -0.15) is 0 Å². The lowest BCUT2D eigenvalue weighted by Gasteiger charge is -2.39. The van der Waals surface area contributed by atoms with Crippen molar-refractivity contribution < 1.29 is 0 Å². The van der Waals surface area contributed by atoms with Crippen LogP contribution in [0.4, 0.5) is 0 Å². The molecule has 2 fully saturated rings. The molecule has 3 atom stereocenters. The standard InChI is InChI=1S/C17H34N2/c1-4-17(5-2)9-10-19(13-17)16(12-18)15-8-6-7-14(3)11-15/h14-16H,4-13,18H2,1-3H3. The number of likely N-dealkylation sites (tertiary alicyclic amines) is 1. The van der Waals surface area contributed by atoms with Crippen LogP contribution in [0.15, 0.2) is 0 Å². The minimum Gasteiger partial charge on any atom is -0.329 e. The Morgan fingerprint density at radius 1 is 1.26 bits per heavy atom. The van der Waals surface area contributed by atoms with Crippen LogP contribution in [-0.4, -0.2) is 30.6 Å². The Kier molecular flexibility index (Phi) is 5.30. The molecule has 2 N–H and O–H groups in total. The molecule has 3 unspecified atom stereocenters. The van der Waals surface area contributed by atoms with Crippen LogP contribution in [0, 0.1) is 17.3 Å². The third-order valence-electron chi connectivity index (χ3n) is 6.20. The van der Waals surface area contributed by atoms with E-state index < -0.39 is 0 Å². The van der Waals surface area contributed by atoms with Crippen molar-refractivity contribution in [3.05, 3.63) is 0 Å². The molecular formula is C17H34N2. The first-order valence-corrected chi connectivity index (χ1v) is 8.58. The fraction of sp³-hybridized carbons (Fsp3) is 1.00. The average Bonchev–Trinajstić information content (AvgIpc) is 2.85. The molecule has 0 bridgehead atoms. The largest absolute Gasteiger partial charge is 0.329 e. The molecule has 0 aromatic rings. The number of hydrogen-bond donors (Lipinski definition) is 1. The quantitative estimate of drug-likeness (QED) is 0.823. The average molecular weight is 266 g/mol. The van der Waals surface area contributed by atoms with Gasteiger partial charge in [0.05, 0.1) is 0 Å². The van der Waals surface area contributed by atoms with Gasteiger partial charge >= 0.3 is 0 Å². The second-order valence-corrected chi connectivity index (χ2v) is 7.26. The first-order chi connectivity index (χ1) is 9.14. The van der Waals surface area contributed by atoms with Crippen molar-refractivity contribution in [2.24, 2.45) is 23.0 Å². The number of nitrogens with two attached hydrogens (primary N) is 1. The highest BCUT2D eigenvalue weighted by Crippen LogP contribution is 2.40. The molecule has 0 amide bonds. The first kappa shape index (κ1) is 15.3. The van der Waals surface area contributed by atoms with E-state index in [4.69, 9.17) is 5.73 Å². The lowest BCUT2D eigenvalue weighted by molar-refractivity contribution is 0.114. The van der Waals surface area contributed by atoms with Crippen LogP contribution in [0.5, 0.6) is 0 Å². The van der Waals surface area contributed by atoms with Crippen LogP contribution in [0.2, 0.25) is 0 Å². The summed E-state index contributed by atoms with van der Waals surface area (Å²) in [4.78, 5) is 2.75. The minimum absolute atomic E-state index is 0.591. The summed E-state index contributed by atoms with van der Waals surface area (Å²) < 4.78 is 0. The maximum Gasteiger partial charge on any atom is 0.0246 e. The molecule has 2 aliphatic rings. The van der Waals surface area contributed by atoms with Gasteiger partial charge in [0.25, 0.3) is 0 Å². The van der Waals surface area contributed by atoms with E-state index >= 15 is 0 Å². The van der Waals surface area contributed by atoms with Crippen LogP contribution in [0.3, 0.4) is 0 Å². The van der Waals surface area contributed by atoms with Crippen LogP contribution in [-0.2, 0) is 0 Å². The Hall–Kier alpha value is -0.0800. The van der Waals surface area contributed by atoms with Crippen LogP contribution in [0.25, 0.3) is 0 Å². The number of rotatable bonds is 5. The van der Waals surface area contributed by atoms with Gasteiger partial charge in [-0.05, 0) is 55.9 Å². The van der Waals surface area contributed by atoms with Gasteiger partial charge in [-0.1, -0.05) is 33.6 Å². The lowest BCUT2D eigenvalue weighted by atomic mass is 9.78. The second kappa shape index (κ2) is 6.58. The van der Waals surface area contributed by atoms with E-state index in [0.29, 0.717) is 11.5 Å². The van der Waals surface area contributed by atoms with Gasteiger partial charge in [0.2, 0.25) is 0 Å². The number of nitrogens with zero attached hydrogens (tertiary/aromatic N) is 1. The predicted molar refractivity (Wildman–Crippen MR) is 83.2 cm³/mol. The van der Waals surface area contributed by atoms with Gasteiger partial charge in [0.1, 0.15) is 0 Å². The zero-order valence-electron chi connectivity index (χ0n) is 13.3. The van der Waals surface area contributed by atoms with E-state index in [1.807, 2.05) is 0 Å². The topological polar surface area (TPSA) is 29.3 Å². The second-order valence-electron chi connectivity index (χ2n) is 7.26. The summed E-state index contributed by atoms with van der Waals surface area (Å²) in [6.45, 7) is 10.6. The molecule has 0 aromatic heterocycles. The molecule has 112 valence electrons. The highest BCUT2D eigenvalue weighted by molar-refractivity contribution is 4.94. The highest BCUT2D eigenvalue weighted by Gasteiger charge is 2.40. The summed E-state index contributed by atoms with van der Waals surface area (Å²) >= 11 is 0. The molecule has 1 saturated heterocycles. The van der Waals surface area contributed by atoms with E-state index in [2.05, 4.69) is 25.7 Å². The van der Waals surface area contributed by atoms with Gasteiger partial charge in [-0.15, -0.1) is 0 Å². The van der Waals surface area contributed by atoms with Gasteiger partial charge < -0.3 is 5.73 Å². The summed E-state index contributed by atoms with van der Waals surface area (Å²) in [7, 11) is 0. The monoisotopic (exact) mass is 266 g/mol. The summed E-state index contributed by atoms with van der Waals surface area (Å²) in [5.74, 6) is 1.77. The summed E-state index contributed by atoms with van der Waals surface area (Å²) in [5.41, 5.74) is 6.75. The third-order valence-corrected chi connectivity index (χ3v) is 6.20. The fourth-order valence-electron chi connectivity index (χ4n) is 4.55. The molecular weight excluding hydrogens is 232 g/mol. The zero-order chi connectivity index (χ0) is 13.9. The Morgan fingerprint density at radius 2 is 2.00 bits per heavy atom. The van der Waals surface area contributed by atoms with Crippen molar-refractivity contribution >= 4 is 0 Å². The van der Waals surface area contributed by atoms with Crippen LogP contribution in [0.1, 0.15) is 65.7 Å². The molecule has 2 nitrogen and oxygen atoms in total. The van der Waals surface area contributed by atoms with E-state index in [9.17, 15) is 0 Å². The molecule has 0 aromatic carbocycles. The molecule has 2 rings (SSSR count). The van der Waals surface area contributed by atoms with Crippen molar-refractivity contribution in [3.8, 4) is 0 Å². The highest BCUT2D eigenvalue weighted by atomic mass is 15.2. The minimum atomic E-state index is 0.591. The summed E-state index contributed by atoms with van der Waals surface area (Å²) in [5, 5.41) is 0. The fourth-order valence-corrected chi connectivity index (χ4v) is 4.55. The van der Waals surface area contributed by atoms with Crippen molar-refractivity contribution in [2.75, 3.05) is 19.6 Å². The van der Waals surface area contributed by atoms with Gasteiger partial charge in [-0.25, -0.2) is 0 Å². The van der Waals surface area contributed by atoms with Crippen molar-refractivity contribution in [2.45, 2.75) is 71.8 Å². The Labute approximate surface area is 120 Å². The van der Waals surface area contributed by atoms with Gasteiger partial charge in [-0.3, -0.25) is 4.90 Å². The lowest BCUT2D eigenvalue weighted by Crippen LogP contribution is -2.46. The Balaban J connectivity index is 1.98. The van der Waals surface area contributed by atoms with Gasteiger partial charge in [0, 0.05) is 19.1 Å². The normalized spacial score (nSPS) is 33.5. The van der Waals surface area contributed by atoms with Gasteiger partial charge in [0.15, 0.2) is 0 Å². The number of hydrogen-bond acceptors (Lipinski definition) is 2. The van der Waals surface area contributed by atoms with E-state index in [0.717, 1.165) is 18.4 Å². The summed E-state index contributed by atoms with van der Waals surface area (Å²) in [6, 6.07) is 0.655. The van der Waals surface area contributed by atoms with Crippen LogP contribution >= 0.6 is 0 Å². The molecule has 1 heterocycles. The molecule has 2 heteroatoms. The third kappa shape index (κ3) is 3.33. The Bertz CT molecular complexity index is 272. The molecule has 19 heavy (non-hydrogen) atoms. The van der Waals surface area contributed by atoms with Crippen molar-refractivity contribution in [3.63, 3.8) is 0 Å². The zero-order valence-corrected chi connectivity index (χ0v) is 13.3. The predicted octanol–water partition coefficient (Wildman–Crippen LogP) is 3.65. The molecule has 1 saturated carbocycles. The molecule has 0 spiro atoms. The van der Waals surface area contributed by atoms with E-state index in [-0.39, 0.29) is 0 Å². The molecule has 0 radical (unpaired) electrons. The SMILES string of the molecule is CCC1(CC)CCN(C(CN)C2CCCC(C)C2)C1. The smallest absolute Gasteiger partial charge is 0.0246 e. The first-order valence-electron chi connectivity index (χ1n) is 8.58. The summed E-state index contributed by atoms with van der Waals surface area (Å²) in [6.07, 6.45) is 9.72. The maximum atomic E-state index is 6.16. The van der Waals surface area contributed by atoms with Crippen molar-refractivity contribution in [1.29, 1.82) is 0 Å². The van der Waals surface area contributed by atoms with E-state index in [1.165, 1.54) is 58.0 Å². The van der Waals surface area contributed by atoms with Crippen LogP contribution < -0.4 is 5.73 Å². The Morgan fingerprint density at radius 3 is 2.53 bits per heavy atom.